The predicted molar refractivity (Wildman–Crippen MR) is 128 cm³/mol. The molecule has 0 aromatic heterocycles. The number of rotatable bonds is 16. The van der Waals surface area contributed by atoms with Crippen molar-refractivity contribution in [2.75, 3.05) is 0 Å². The summed E-state index contributed by atoms with van der Waals surface area (Å²) in [6.45, 7) is 3.57. The summed E-state index contributed by atoms with van der Waals surface area (Å²) < 4.78 is 10.1. The third kappa shape index (κ3) is 14.6. The Labute approximate surface area is 201 Å². The largest absolute Gasteiger partial charge is 0.462 e. The average molecular weight is 482 g/mol. The van der Waals surface area contributed by atoms with E-state index in [0.717, 1.165) is 0 Å². The van der Waals surface area contributed by atoms with Gasteiger partial charge in [-0.2, -0.15) is 0 Å². The summed E-state index contributed by atoms with van der Waals surface area (Å²) in [5.41, 5.74) is 5.08. The molecule has 6 atom stereocenters. The van der Waals surface area contributed by atoms with Crippen LogP contribution in [0.5, 0.6) is 0 Å². The molecule has 0 bridgehead atoms. The van der Waals surface area contributed by atoms with Crippen LogP contribution in [-0.2, 0) is 14.3 Å². The SMILES string of the molecule is C=C/C=C\CC(CC(O)CC/C=C\CC(O)C/C=C\C(O)CC1CC(O)CC(=O)O1)OC(N)=O. The van der Waals surface area contributed by atoms with E-state index in [2.05, 4.69) is 6.58 Å². The molecule has 1 rings (SSSR count). The Kier molecular flexibility index (Phi) is 14.8. The van der Waals surface area contributed by atoms with Crippen molar-refractivity contribution in [3.63, 3.8) is 0 Å². The molecule has 1 amide bonds. The number of esters is 1. The third-order valence-corrected chi connectivity index (χ3v) is 5.24. The Bertz CT molecular complexity index is 705. The average Bonchev–Trinajstić information content (AvgIpc) is 2.72. The fraction of sp³-hybridized carbons (Fsp3) is 0.600. The molecule has 1 fully saturated rings. The van der Waals surface area contributed by atoms with Crippen molar-refractivity contribution in [3.05, 3.63) is 49.1 Å². The molecule has 0 spiro atoms. The first-order valence-corrected chi connectivity index (χ1v) is 11.7. The van der Waals surface area contributed by atoms with Gasteiger partial charge in [-0.25, -0.2) is 4.79 Å². The molecule has 1 heterocycles. The third-order valence-electron chi connectivity index (χ3n) is 5.24. The summed E-state index contributed by atoms with van der Waals surface area (Å²) in [6, 6.07) is 0. The van der Waals surface area contributed by atoms with Gasteiger partial charge in [0.2, 0.25) is 0 Å². The van der Waals surface area contributed by atoms with Crippen LogP contribution in [-0.4, -0.2) is 69.1 Å². The van der Waals surface area contributed by atoms with Crippen LogP contribution in [0.3, 0.4) is 0 Å². The zero-order valence-electron chi connectivity index (χ0n) is 19.6. The van der Waals surface area contributed by atoms with Gasteiger partial charge in [0.15, 0.2) is 0 Å². The lowest BCUT2D eigenvalue weighted by atomic mass is 10.00. The van der Waals surface area contributed by atoms with Gasteiger partial charge >= 0.3 is 12.1 Å². The van der Waals surface area contributed by atoms with E-state index in [1.54, 1.807) is 30.4 Å². The lowest BCUT2D eigenvalue weighted by Gasteiger charge is -2.26. The summed E-state index contributed by atoms with van der Waals surface area (Å²) in [5, 5.41) is 39.9. The van der Waals surface area contributed by atoms with Crippen LogP contribution in [0.1, 0.15) is 57.8 Å². The summed E-state index contributed by atoms with van der Waals surface area (Å²) >= 11 is 0. The second-order valence-electron chi connectivity index (χ2n) is 8.46. The van der Waals surface area contributed by atoms with Gasteiger partial charge in [-0.3, -0.25) is 4.79 Å². The first-order chi connectivity index (χ1) is 16.2. The number of amides is 1. The van der Waals surface area contributed by atoms with Crippen molar-refractivity contribution >= 4 is 12.1 Å². The van der Waals surface area contributed by atoms with Crippen LogP contribution in [0.2, 0.25) is 0 Å². The molecule has 9 heteroatoms. The molecule has 0 aliphatic carbocycles. The van der Waals surface area contributed by atoms with Crippen LogP contribution in [0.15, 0.2) is 49.1 Å². The van der Waals surface area contributed by atoms with Crippen molar-refractivity contribution in [3.8, 4) is 0 Å². The zero-order chi connectivity index (χ0) is 25.3. The van der Waals surface area contributed by atoms with Crippen molar-refractivity contribution in [2.24, 2.45) is 5.73 Å². The summed E-state index contributed by atoms with van der Waals surface area (Å²) in [5.74, 6) is -0.464. The van der Waals surface area contributed by atoms with Crippen molar-refractivity contribution in [1.82, 2.24) is 0 Å². The second-order valence-corrected chi connectivity index (χ2v) is 8.46. The fourth-order valence-corrected chi connectivity index (χ4v) is 3.61. The van der Waals surface area contributed by atoms with Crippen molar-refractivity contribution in [2.45, 2.75) is 94.4 Å². The number of carbonyl (C=O) groups is 2. The van der Waals surface area contributed by atoms with Gasteiger partial charge in [0.05, 0.1) is 30.8 Å². The lowest BCUT2D eigenvalue weighted by Crippen LogP contribution is -2.34. The quantitative estimate of drug-likeness (QED) is 0.127. The number of aliphatic hydroxyl groups is 4. The van der Waals surface area contributed by atoms with E-state index in [1.807, 2.05) is 12.2 Å². The molecule has 9 nitrogen and oxygen atoms in total. The Hall–Kier alpha value is -2.46. The van der Waals surface area contributed by atoms with E-state index in [9.17, 15) is 30.0 Å². The minimum absolute atomic E-state index is 0.0148. The van der Waals surface area contributed by atoms with E-state index < -0.39 is 48.7 Å². The van der Waals surface area contributed by atoms with Crippen molar-refractivity contribution < 1.29 is 39.5 Å². The first kappa shape index (κ1) is 29.6. The highest BCUT2D eigenvalue weighted by atomic mass is 16.6. The number of hydrogen-bond donors (Lipinski definition) is 5. The molecule has 6 unspecified atom stereocenters. The van der Waals surface area contributed by atoms with Gasteiger partial charge in [0, 0.05) is 25.7 Å². The summed E-state index contributed by atoms with van der Waals surface area (Å²) in [4.78, 5) is 22.3. The minimum atomic E-state index is -0.879. The fourth-order valence-electron chi connectivity index (χ4n) is 3.61. The lowest BCUT2D eigenvalue weighted by molar-refractivity contribution is -0.161. The number of primary amides is 1. The number of carbonyl (C=O) groups excluding carboxylic acids is 2. The highest BCUT2D eigenvalue weighted by molar-refractivity contribution is 5.70. The normalized spacial score (nSPS) is 22.5. The van der Waals surface area contributed by atoms with Crippen molar-refractivity contribution in [1.29, 1.82) is 0 Å². The molecular formula is C25H39NO8. The molecule has 34 heavy (non-hydrogen) atoms. The van der Waals surface area contributed by atoms with Gasteiger partial charge in [-0.05, 0) is 25.7 Å². The monoisotopic (exact) mass is 481 g/mol. The predicted octanol–water partition coefficient (Wildman–Crippen LogP) is 2.18. The van der Waals surface area contributed by atoms with Crippen LogP contribution in [0.25, 0.3) is 0 Å². The first-order valence-electron chi connectivity index (χ1n) is 11.7. The molecule has 0 radical (unpaired) electrons. The number of aliphatic hydroxyl groups excluding tert-OH is 4. The molecule has 0 aromatic carbocycles. The van der Waals surface area contributed by atoms with E-state index >= 15 is 0 Å². The molecule has 1 aliphatic rings. The van der Waals surface area contributed by atoms with Gasteiger partial charge in [-0.15, -0.1) is 0 Å². The van der Waals surface area contributed by atoms with E-state index in [0.29, 0.717) is 38.5 Å². The zero-order valence-corrected chi connectivity index (χ0v) is 19.6. The van der Waals surface area contributed by atoms with Gasteiger partial charge in [0.1, 0.15) is 12.2 Å². The van der Waals surface area contributed by atoms with Crippen LogP contribution in [0, 0.1) is 0 Å². The number of ether oxygens (including phenoxy) is 2. The maximum absolute atomic E-state index is 11.3. The highest BCUT2D eigenvalue weighted by Gasteiger charge is 2.28. The van der Waals surface area contributed by atoms with Crippen LogP contribution in [0.4, 0.5) is 4.79 Å². The minimum Gasteiger partial charge on any atom is -0.462 e. The van der Waals surface area contributed by atoms with E-state index in [1.165, 1.54) is 0 Å². The number of nitrogens with two attached hydrogens (primary N) is 1. The molecule has 6 N–H and O–H groups in total. The summed E-state index contributed by atoms with van der Waals surface area (Å²) in [7, 11) is 0. The topological polar surface area (TPSA) is 160 Å². The van der Waals surface area contributed by atoms with E-state index in [-0.39, 0.29) is 19.3 Å². The number of cyclic esters (lactones) is 1. The van der Waals surface area contributed by atoms with Crippen LogP contribution < -0.4 is 5.73 Å². The van der Waals surface area contributed by atoms with Gasteiger partial charge < -0.3 is 35.6 Å². The maximum atomic E-state index is 11.3. The van der Waals surface area contributed by atoms with Gasteiger partial charge in [-0.1, -0.05) is 49.1 Å². The Morgan fingerprint density at radius 2 is 1.88 bits per heavy atom. The standard InChI is InChI=1S/C25H39NO8/c1-2-3-5-13-22(34-25(26)32)14-19(28)10-7-4-6-9-18(27)11-8-12-20(29)15-23-16-21(30)17-24(31)33-23/h2-6,8,12,18-23,27-30H,1,7,9-11,13-17H2,(H2,26,32)/b5-3-,6-4-,12-8-. The molecular weight excluding hydrogens is 442 g/mol. The van der Waals surface area contributed by atoms with Crippen LogP contribution >= 0.6 is 0 Å². The highest BCUT2D eigenvalue weighted by Crippen LogP contribution is 2.19. The Morgan fingerprint density at radius 1 is 1.15 bits per heavy atom. The maximum Gasteiger partial charge on any atom is 0.404 e. The van der Waals surface area contributed by atoms with E-state index in [4.69, 9.17) is 15.2 Å². The molecule has 0 aromatic rings. The number of allylic oxidation sites excluding steroid dienone is 3. The smallest absolute Gasteiger partial charge is 0.404 e. The molecule has 192 valence electrons. The second kappa shape index (κ2) is 17.0. The molecule has 1 saturated heterocycles. The summed E-state index contributed by atoms with van der Waals surface area (Å²) in [6.07, 6.45) is 10.3. The molecule has 1 aliphatic heterocycles. The number of hydrogen-bond acceptors (Lipinski definition) is 8. The van der Waals surface area contributed by atoms with Gasteiger partial charge in [0.25, 0.3) is 0 Å². The Morgan fingerprint density at radius 3 is 2.56 bits per heavy atom. The molecule has 0 saturated carbocycles. The Balaban J connectivity index is 2.24.